The Hall–Kier alpha value is -0.370. The summed E-state index contributed by atoms with van der Waals surface area (Å²) < 4.78 is 5.43. The van der Waals surface area contributed by atoms with Gasteiger partial charge in [0, 0.05) is 12.8 Å². The lowest BCUT2D eigenvalue weighted by Gasteiger charge is -2.21. The predicted octanol–water partition coefficient (Wildman–Crippen LogP) is 1.92. The first-order valence-electron chi connectivity index (χ1n) is 4.46. The minimum Gasteiger partial charge on any atom is -0.377 e. The van der Waals surface area contributed by atoms with Crippen LogP contribution in [0.1, 0.15) is 39.0 Å². The zero-order valence-electron chi connectivity index (χ0n) is 7.14. The number of hydrogen-bond acceptors (Lipinski definition) is 2. The van der Waals surface area contributed by atoms with Crippen LogP contribution in [0.3, 0.4) is 0 Å². The van der Waals surface area contributed by atoms with Crippen molar-refractivity contribution in [3.8, 4) is 0 Å². The fourth-order valence-corrected chi connectivity index (χ4v) is 1.37. The third-order valence-electron chi connectivity index (χ3n) is 2.07. The fourth-order valence-electron chi connectivity index (χ4n) is 1.37. The number of carbonyl (C=O) groups is 1. The molecule has 0 aromatic carbocycles. The molecule has 0 aromatic rings. The normalized spacial score (nSPS) is 25.5. The van der Waals surface area contributed by atoms with Crippen LogP contribution in [0, 0.1) is 0 Å². The highest BCUT2D eigenvalue weighted by Crippen LogP contribution is 2.15. The van der Waals surface area contributed by atoms with E-state index in [0.29, 0.717) is 25.2 Å². The SMILES string of the molecule is CCCCC1CC(=O)CCO1. The van der Waals surface area contributed by atoms with Crippen LogP contribution in [0.2, 0.25) is 0 Å². The molecule has 2 heteroatoms. The molecule has 0 amide bonds. The largest absolute Gasteiger partial charge is 0.377 e. The molecular formula is C9H16O2. The molecule has 1 aliphatic heterocycles. The molecule has 0 spiro atoms. The fraction of sp³-hybridized carbons (Fsp3) is 0.889. The van der Waals surface area contributed by atoms with Crippen molar-refractivity contribution >= 4 is 5.78 Å². The van der Waals surface area contributed by atoms with Crippen molar-refractivity contribution in [3.63, 3.8) is 0 Å². The summed E-state index contributed by atoms with van der Waals surface area (Å²) >= 11 is 0. The Kier molecular flexibility index (Phi) is 3.57. The summed E-state index contributed by atoms with van der Waals surface area (Å²) in [4.78, 5) is 11.0. The van der Waals surface area contributed by atoms with Gasteiger partial charge in [-0.15, -0.1) is 0 Å². The molecule has 0 aromatic heterocycles. The summed E-state index contributed by atoms with van der Waals surface area (Å²) in [6.45, 7) is 2.80. The lowest BCUT2D eigenvalue weighted by molar-refractivity contribution is -0.128. The number of rotatable bonds is 3. The zero-order chi connectivity index (χ0) is 8.10. The molecule has 11 heavy (non-hydrogen) atoms. The van der Waals surface area contributed by atoms with Crippen LogP contribution in [0.15, 0.2) is 0 Å². The molecule has 0 aliphatic carbocycles. The summed E-state index contributed by atoms with van der Waals surface area (Å²) in [6, 6.07) is 0. The first-order chi connectivity index (χ1) is 5.33. The monoisotopic (exact) mass is 156 g/mol. The second-order valence-electron chi connectivity index (χ2n) is 3.13. The van der Waals surface area contributed by atoms with E-state index in [2.05, 4.69) is 6.92 Å². The van der Waals surface area contributed by atoms with Gasteiger partial charge in [0.1, 0.15) is 5.78 Å². The molecule has 64 valence electrons. The third kappa shape index (κ3) is 3.02. The summed E-state index contributed by atoms with van der Waals surface area (Å²) in [7, 11) is 0. The minimum atomic E-state index is 0.233. The average Bonchev–Trinajstić information content (AvgIpc) is 2.01. The molecule has 1 saturated heterocycles. The topological polar surface area (TPSA) is 26.3 Å². The van der Waals surface area contributed by atoms with Gasteiger partial charge in [-0.1, -0.05) is 19.8 Å². The third-order valence-corrected chi connectivity index (χ3v) is 2.07. The smallest absolute Gasteiger partial charge is 0.137 e. The van der Waals surface area contributed by atoms with Gasteiger partial charge in [-0.2, -0.15) is 0 Å². The van der Waals surface area contributed by atoms with Gasteiger partial charge in [0.15, 0.2) is 0 Å². The number of ketones is 1. The van der Waals surface area contributed by atoms with Gasteiger partial charge in [-0.3, -0.25) is 4.79 Å². The van der Waals surface area contributed by atoms with Crippen molar-refractivity contribution in [2.75, 3.05) is 6.61 Å². The van der Waals surface area contributed by atoms with E-state index in [-0.39, 0.29) is 6.10 Å². The van der Waals surface area contributed by atoms with Crippen LogP contribution in [-0.4, -0.2) is 18.5 Å². The Morgan fingerprint density at radius 2 is 2.45 bits per heavy atom. The van der Waals surface area contributed by atoms with E-state index < -0.39 is 0 Å². The van der Waals surface area contributed by atoms with Gasteiger partial charge in [0.25, 0.3) is 0 Å². The van der Waals surface area contributed by atoms with Crippen molar-refractivity contribution in [2.24, 2.45) is 0 Å². The zero-order valence-corrected chi connectivity index (χ0v) is 7.14. The number of Topliss-reactive ketones (excluding diaryl/α,β-unsaturated/α-hetero) is 1. The van der Waals surface area contributed by atoms with Crippen molar-refractivity contribution < 1.29 is 9.53 Å². The maximum Gasteiger partial charge on any atom is 0.137 e. The van der Waals surface area contributed by atoms with E-state index in [9.17, 15) is 4.79 Å². The predicted molar refractivity (Wildman–Crippen MR) is 43.5 cm³/mol. The highest BCUT2D eigenvalue weighted by Gasteiger charge is 2.18. The van der Waals surface area contributed by atoms with Crippen LogP contribution < -0.4 is 0 Å². The molecule has 0 radical (unpaired) electrons. The summed E-state index contributed by atoms with van der Waals surface area (Å²) in [5.74, 6) is 0.373. The van der Waals surface area contributed by atoms with Gasteiger partial charge >= 0.3 is 0 Å². The van der Waals surface area contributed by atoms with E-state index in [4.69, 9.17) is 4.74 Å². The second kappa shape index (κ2) is 4.50. The van der Waals surface area contributed by atoms with E-state index in [1.807, 2.05) is 0 Å². The number of unbranched alkanes of at least 4 members (excludes halogenated alkanes) is 1. The van der Waals surface area contributed by atoms with Crippen LogP contribution in [0.4, 0.5) is 0 Å². The lowest BCUT2D eigenvalue weighted by atomic mass is 10.0. The van der Waals surface area contributed by atoms with E-state index >= 15 is 0 Å². The Labute approximate surface area is 67.9 Å². The van der Waals surface area contributed by atoms with Crippen LogP contribution in [0.25, 0.3) is 0 Å². The highest BCUT2D eigenvalue weighted by molar-refractivity contribution is 5.79. The average molecular weight is 156 g/mol. The number of hydrogen-bond donors (Lipinski definition) is 0. The maximum absolute atomic E-state index is 11.0. The number of ether oxygens (including phenoxy) is 1. The van der Waals surface area contributed by atoms with Crippen molar-refractivity contribution in [1.29, 1.82) is 0 Å². The summed E-state index contributed by atoms with van der Waals surface area (Å²) in [5.41, 5.74) is 0. The first kappa shape index (κ1) is 8.72. The Morgan fingerprint density at radius 3 is 3.09 bits per heavy atom. The minimum absolute atomic E-state index is 0.233. The quantitative estimate of drug-likeness (QED) is 0.624. The molecule has 1 rings (SSSR count). The standard InChI is InChI=1S/C9H16O2/c1-2-3-4-9-7-8(10)5-6-11-9/h9H,2-7H2,1H3. The molecule has 1 aliphatic rings. The van der Waals surface area contributed by atoms with Gasteiger partial charge in [0.2, 0.25) is 0 Å². The molecule has 0 bridgehead atoms. The molecule has 1 heterocycles. The molecule has 1 unspecified atom stereocenters. The van der Waals surface area contributed by atoms with Crippen LogP contribution in [-0.2, 0) is 9.53 Å². The van der Waals surface area contributed by atoms with E-state index in [1.165, 1.54) is 12.8 Å². The molecule has 0 N–H and O–H groups in total. The molecule has 1 fully saturated rings. The van der Waals surface area contributed by atoms with Crippen molar-refractivity contribution in [3.05, 3.63) is 0 Å². The van der Waals surface area contributed by atoms with Crippen LogP contribution in [0.5, 0.6) is 0 Å². The first-order valence-corrected chi connectivity index (χ1v) is 4.46. The van der Waals surface area contributed by atoms with E-state index in [1.54, 1.807) is 0 Å². The highest BCUT2D eigenvalue weighted by atomic mass is 16.5. The number of carbonyl (C=O) groups excluding carboxylic acids is 1. The lowest BCUT2D eigenvalue weighted by Crippen LogP contribution is -2.25. The molecule has 0 saturated carbocycles. The summed E-state index contributed by atoms with van der Waals surface area (Å²) in [5, 5.41) is 0. The maximum atomic E-state index is 11.0. The van der Waals surface area contributed by atoms with Crippen molar-refractivity contribution in [1.82, 2.24) is 0 Å². The Bertz CT molecular complexity index is 132. The van der Waals surface area contributed by atoms with Gasteiger partial charge in [-0.05, 0) is 6.42 Å². The Morgan fingerprint density at radius 1 is 1.64 bits per heavy atom. The van der Waals surface area contributed by atoms with Crippen LogP contribution >= 0.6 is 0 Å². The second-order valence-corrected chi connectivity index (χ2v) is 3.13. The van der Waals surface area contributed by atoms with Gasteiger partial charge in [-0.25, -0.2) is 0 Å². The van der Waals surface area contributed by atoms with E-state index in [0.717, 1.165) is 6.42 Å². The van der Waals surface area contributed by atoms with Crippen molar-refractivity contribution in [2.45, 2.75) is 45.1 Å². The molecule has 2 nitrogen and oxygen atoms in total. The van der Waals surface area contributed by atoms with Gasteiger partial charge < -0.3 is 4.74 Å². The summed E-state index contributed by atoms with van der Waals surface area (Å²) in [6.07, 6.45) is 4.94. The van der Waals surface area contributed by atoms with Gasteiger partial charge in [0.05, 0.1) is 12.7 Å². The molecule has 1 atom stereocenters. The Balaban J connectivity index is 2.17. The molecular weight excluding hydrogens is 140 g/mol.